The van der Waals surface area contributed by atoms with Crippen LogP contribution in [-0.4, -0.2) is 63.5 Å². The number of likely N-dealkylation sites (tertiary alicyclic amines) is 1. The first kappa shape index (κ1) is 16.5. The Kier molecular flexibility index (Phi) is 5.45. The number of amides is 2. The van der Waals surface area contributed by atoms with E-state index in [0.29, 0.717) is 25.9 Å². The van der Waals surface area contributed by atoms with Crippen LogP contribution in [0.25, 0.3) is 0 Å². The number of carbonyl (C=O) groups excluding carboxylic acids is 1. The highest BCUT2D eigenvalue weighted by Gasteiger charge is 2.28. The normalized spacial score (nSPS) is 25.8. The number of nitrogens with zero attached hydrogens (tertiary/aromatic N) is 1. The van der Waals surface area contributed by atoms with Gasteiger partial charge in [0.2, 0.25) is 10.0 Å². The predicted octanol–water partition coefficient (Wildman–Crippen LogP) is 0.277. The molecule has 2 saturated heterocycles. The topological polar surface area (TPSA) is 87.7 Å². The number of sulfonamides is 1. The minimum Gasteiger partial charge on any atom is -0.376 e. The summed E-state index contributed by atoms with van der Waals surface area (Å²) >= 11 is 0. The number of ether oxygens (including phenoxy) is 1. The standard InChI is InChI=1S/C13H25N3O4S/c1-10(12-4-3-9-20-12)14-13(17)16-7-5-11(6-8-16)15-21(2,18)19/h10-12,15H,3-9H2,1-2H3,(H,14,17)/t10-,12-/m1/s1. The molecule has 21 heavy (non-hydrogen) atoms. The lowest BCUT2D eigenvalue weighted by molar-refractivity contribution is 0.0824. The third-order valence-corrected chi connectivity index (χ3v) is 4.80. The number of carbonyl (C=O) groups is 1. The highest BCUT2D eigenvalue weighted by atomic mass is 32.2. The summed E-state index contributed by atoms with van der Waals surface area (Å²) in [4.78, 5) is 13.9. The van der Waals surface area contributed by atoms with Crippen molar-refractivity contribution in [3.05, 3.63) is 0 Å². The summed E-state index contributed by atoms with van der Waals surface area (Å²) in [6.07, 6.45) is 4.60. The van der Waals surface area contributed by atoms with Crippen LogP contribution in [0.3, 0.4) is 0 Å². The van der Waals surface area contributed by atoms with Crippen molar-refractivity contribution in [3.63, 3.8) is 0 Å². The molecule has 0 radical (unpaired) electrons. The zero-order valence-corrected chi connectivity index (χ0v) is 13.5. The Labute approximate surface area is 126 Å². The van der Waals surface area contributed by atoms with Gasteiger partial charge in [0.15, 0.2) is 0 Å². The van der Waals surface area contributed by atoms with Gasteiger partial charge < -0.3 is 15.0 Å². The second-order valence-corrected chi connectivity index (χ2v) is 7.72. The van der Waals surface area contributed by atoms with Gasteiger partial charge in [0.05, 0.1) is 18.4 Å². The van der Waals surface area contributed by atoms with Crippen LogP contribution >= 0.6 is 0 Å². The minimum absolute atomic E-state index is 0.00636. The molecule has 2 amide bonds. The van der Waals surface area contributed by atoms with Crippen LogP contribution in [0.4, 0.5) is 4.79 Å². The lowest BCUT2D eigenvalue weighted by Crippen LogP contribution is -2.52. The van der Waals surface area contributed by atoms with Crippen LogP contribution in [-0.2, 0) is 14.8 Å². The molecule has 0 aliphatic carbocycles. The molecule has 2 aliphatic heterocycles. The fraction of sp³-hybridized carbons (Fsp3) is 0.923. The number of piperidine rings is 1. The summed E-state index contributed by atoms with van der Waals surface area (Å²) < 4.78 is 30.5. The maximum absolute atomic E-state index is 12.2. The fourth-order valence-corrected chi connectivity index (χ4v) is 3.72. The Morgan fingerprint density at radius 1 is 1.29 bits per heavy atom. The third kappa shape index (κ3) is 5.12. The average molecular weight is 319 g/mol. The summed E-state index contributed by atoms with van der Waals surface area (Å²) in [5.74, 6) is 0. The zero-order valence-electron chi connectivity index (χ0n) is 12.7. The van der Waals surface area contributed by atoms with Crippen molar-refractivity contribution in [2.24, 2.45) is 0 Å². The molecule has 2 rings (SSSR count). The van der Waals surface area contributed by atoms with E-state index in [1.807, 2.05) is 6.92 Å². The van der Waals surface area contributed by atoms with Crippen molar-refractivity contribution < 1.29 is 17.9 Å². The molecule has 2 aliphatic rings. The minimum atomic E-state index is -3.18. The molecule has 122 valence electrons. The monoisotopic (exact) mass is 319 g/mol. The van der Waals surface area contributed by atoms with Gasteiger partial charge in [0.25, 0.3) is 0 Å². The number of nitrogens with one attached hydrogen (secondary N) is 2. The highest BCUT2D eigenvalue weighted by Crippen LogP contribution is 2.16. The smallest absolute Gasteiger partial charge is 0.317 e. The number of rotatable bonds is 4. The van der Waals surface area contributed by atoms with Crippen molar-refractivity contribution in [3.8, 4) is 0 Å². The van der Waals surface area contributed by atoms with E-state index in [1.165, 1.54) is 0 Å². The largest absolute Gasteiger partial charge is 0.376 e. The molecule has 0 bridgehead atoms. The number of hydrogen-bond donors (Lipinski definition) is 2. The second kappa shape index (κ2) is 6.93. The van der Waals surface area contributed by atoms with E-state index in [0.717, 1.165) is 25.7 Å². The van der Waals surface area contributed by atoms with Gasteiger partial charge in [-0.2, -0.15) is 0 Å². The summed E-state index contributed by atoms with van der Waals surface area (Å²) in [5.41, 5.74) is 0. The molecule has 7 nitrogen and oxygen atoms in total. The summed E-state index contributed by atoms with van der Waals surface area (Å²) in [7, 11) is -3.18. The van der Waals surface area contributed by atoms with Crippen molar-refractivity contribution in [2.75, 3.05) is 26.0 Å². The average Bonchev–Trinajstić information content (AvgIpc) is 2.91. The Bertz CT molecular complexity index is 454. The lowest BCUT2D eigenvalue weighted by atomic mass is 10.1. The first-order chi connectivity index (χ1) is 9.85. The van der Waals surface area contributed by atoms with Crippen LogP contribution in [0.5, 0.6) is 0 Å². The lowest BCUT2D eigenvalue weighted by Gasteiger charge is -2.33. The van der Waals surface area contributed by atoms with Crippen molar-refractivity contribution in [1.82, 2.24) is 14.9 Å². The van der Waals surface area contributed by atoms with Gasteiger partial charge in [0, 0.05) is 25.7 Å². The number of hydrogen-bond acceptors (Lipinski definition) is 4. The molecule has 8 heteroatoms. The molecule has 0 aromatic heterocycles. The van der Waals surface area contributed by atoms with Gasteiger partial charge in [-0.05, 0) is 32.6 Å². The summed E-state index contributed by atoms with van der Waals surface area (Å²) in [5, 5.41) is 2.98. The van der Waals surface area contributed by atoms with E-state index in [4.69, 9.17) is 4.74 Å². The maximum Gasteiger partial charge on any atom is 0.317 e. The molecule has 0 aromatic carbocycles. The van der Waals surface area contributed by atoms with Crippen molar-refractivity contribution in [2.45, 2.75) is 50.8 Å². The fourth-order valence-electron chi connectivity index (χ4n) is 2.88. The van der Waals surface area contributed by atoms with Crippen LogP contribution in [0, 0.1) is 0 Å². The number of urea groups is 1. The van der Waals surface area contributed by atoms with E-state index in [1.54, 1.807) is 4.90 Å². The Morgan fingerprint density at radius 2 is 1.95 bits per heavy atom. The first-order valence-corrected chi connectivity index (χ1v) is 9.38. The van der Waals surface area contributed by atoms with E-state index >= 15 is 0 Å². The summed E-state index contributed by atoms with van der Waals surface area (Å²) in [6.45, 7) is 3.87. The van der Waals surface area contributed by atoms with Gasteiger partial charge in [-0.1, -0.05) is 0 Å². The molecule has 0 saturated carbocycles. The van der Waals surface area contributed by atoms with E-state index in [9.17, 15) is 13.2 Å². The van der Waals surface area contributed by atoms with Crippen LogP contribution in [0.1, 0.15) is 32.6 Å². The predicted molar refractivity (Wildman–Crippen MR) is 79.5 cm³/mol. The Balaban J connectivity index is 1.75. The molecule has 2 heterocycles. The van der Waals surface area contributed by atoms with Crippen LogP contribution in [0.2, 0.25) is 0 Å². The van der Waals surface area contributed by atoms with Gasteiger partial charge >= 0.3 is 6.03 Å². The Morgan fingerprint density at radius 3 is 2.48 bits per heavy atom. The van der Waals surface area contributed by atoms with E-state index in [-0.39, 0.29) is 24.2 Å². The summed E-state index contributed by atoms with van der Waals surface area (Å²) in [6, 6.07) is -0.151. The Hall–Kier alpha value is -0.860. The van der Waals surface area contributed by atoms with E-state index in [2.05, 4.69) is 10.0 Å². The molecular weight excluding hydrogens is 294 g/mol. The van der Waals surface area contributed by atoms with Crippen LogP contribution < -0.4 is 10.0 Å². The van der Waals surface area contributed by atoms with Gasteiger partial charge in [-0.3, -0.25) is 0 Å². The van der Waals surface area contributed by atoms with E-state index < -0.39 is 10.0 Å². The molecule has 2 N–H and O–H groups in total. The second-order valence-electron chi connectivity index (χ2n) is 5.94. The highest BCUT2D eigenvalue weighted by molar-refractivity contribution is 7.88. The van der Waals surface area contributed by atoms with Crippen molar-refractivity contribution in [1.29, 1.82) is 0 Å². The molecule has 0 aromatic rings. The molecule has 0 spiro atoms. The van der Waals surface area contributed by atoms with Crippen molar-refractivity contribution >= 4 is 16.1 Å². The van der Waals surface area contributed by atoms with Crippen LogP contribution in [0.15, 0.2) is 0 Å². The molecule has 2 fully saturated rings. The van der Waals surface area contributed by atoms with Gasteiger partial charge in [0.1, 0.15) is 0 Å². The van der Waals surface area contributed by atoms with Gasteiger partial charge in [-0.15, -0.1) is 0 Å². The SMILES string of the molecule is C[C@@H](NC(=O)N1CCC(NS(C)(=O)=O)CC1)[C@H]1CCCO1. The van der Waals surface area contributed by atoms with Gasteiger partial charge in [-0.25, -0.2) is 17.9 Å². The first-order valence-electron chi connectivity index (χ1n) is 7.49. The quantitative estimate of drug-likeness (QED) is 0.779. The zero-order chi connectivity index (χ0) is 15.5. The maximum atomic E-state index is 12.2. The molecule has 0 unspecified atom stereocenters. The molecule has 2 atom stereocenters. The third-order valence-electron chi connectivity index (χ3n) is 4.04. The molecular formula is C13H25N3O4S.